The second-order valence-corrected chi connectivity index (χ2v) is 11.7. The van der Waals surface area contributed by atoms with Crippen LogP contribution in [0, 0.1) is 5.82 Å². The minimum absolute atomic E-state index is 0.0469. The van der Waals surface area contributed by atoms with Crippen molar-refractivity contribution in [3.63, 3.8) is 0 Å². The van der Waals surface area contributed by atoms with Crippen LogP contribution in [0.25, 0.3) is 0 Å². The summed E-state index contributed by atoms with van der Waals surface area (Å²) in [4.78, 5) is 25.3. The molecule has 0 spiro atoms. The van der Waals surface area contributed by atoms with Gasteiger partial charge in [-0.05, 0) is 80.0 Å². The summed E-state index contributed by atoms with van der Waals surface area (Å²) in [5.74, 6) is 0.141. The quantitative estimate of drug-likeness (QED) is 0.518. The molecule has 1 fully saturated rings. The molecule has 37 heavy (non-hydrogen) atoms. The predicted molar refractivity (Wildman–Crippen MR) is 142 cm³/mol. The Balaban J connectivity index is 1.54. The Hall–Kier alpha value is -3.01. The minimum Gasteiger partial charge on any atom is -0.476 e. The molecule has 1 saturated heterocycles. The van der Waals surface area contributed by atoms with Crippen molar-refractivity contribution in [2.24, 2.45) is 0 Å². The Kier molecular flexibility index (Phi) is 7.09. The zero-order chi connectivity index (χ0) is 27.2. The first kappa shape index (κ1) is 27.0. The van der Waals surface area contributed by atoms with Gasteiger partial charge in [-0.3, -0.25) is 14.1 Å². The zero-order valence-corrected chi connectivity index (χ0v) is 22.8. The number of carbonyl (C=O) groups excluding carboxylic acids is 1. The maximum absolute atomic E-state index is 14.7. The van der Waals surface area contributed by atoms with Gasteiger partial charge in [0.25, 0.3) is 5.91 Å². The van der Waals surface area contributed by atoms with E-state index < -0.39 is 18.1 Å². The van der Waals surface area contributed by atoms with Crippen molar-refractivity contribution in [1.82, 2.24) is 14.9 Å². The van der Waals surface area contributed by atoms with Crippen LogP contribution in [-0.2, 0) is 4.79 Å². The number of amides is 1. The molecule has 1 amide bonds. The van der Waals surface area contributed by atoms with Gasteiger partial charge in [-0.1, -0.05) is 0 Å². The van der Waals surface area contributed by atoms with Gasteiger partial charge in [-0.25, -0.2) is 9.37 Å². The molecule has 2 N–H and O–H groups in total. The second-order valence-electron chi connectivity index (χ2n) is 11.7. The maximum atomic E-state index is 14.7. The lowest BCUT2D eigenvalue weighted by Crippen LogP contribution is -2.61. The number of rotatable bonds is 7. The Morgan fingerprint density at radius 2 is 1.81 bits per heavy atom. The van der Waals surface area contributed by atoms with Crippen LogP contribution in [0.3, 0.4) is 0 Å². The number of halogens is 2. The largest absolute Gasteiger partial charge is 0.476 e. The average Bonchev–Trinajstić information content (AvgIpc) is 2.79. The smallest absolute Gasteiger partial charge is 0.270 e. The first-order chi connectivity index (χ1) is 17.2. The Morgan fingerprint density at radius 3 is 2.46 bits per heavy atom. The van der Waals surface area contributed by atoms with E-state index in [1.165, 1.54) is 0 Å². The van der Waals surface area contributed by atoms with Crippen molar-refractivity contribution < 1.29 is 18.3 Å². The van der Waals surface area contributed by atoms with Gasteiger partial charge < -0.3 is 20.3 Å². The molecule has 0 bridgehead atoms. The molecule has 1 aromatic heterocycles. The van der Waals surface area contributed by atoms with Gasteiger partial charge in [0, 0.05) is 35.4 Å². The summed E-state index contributed by atoms with van der Waals surface area (Å²) >= 11 is 0. The van der Waals surface area contributed by atoms with Gasteiger partial charge in [0.2, 0.25) is 5.95 Å². The van der Waals surface area contributed by atoms with Crippen LogP contribution < -0.4 is 20.3 Å². The normalized spacial score (nSPS) is 20.8. The van der Waals surface area contributed by atoms with Gasteiger partial charge in [-0.2, -0.15) is 4.98 Å². The van der Waals surface area contributed by atoms with E-state index in [1.807, 2.05) is 0 Å². The third kappa shape index (κ3) is 5.49. The van der Waals surface area contributed by atoms with Crippen LogP contribution in [0.1, 0.15) is 60.8 Å². The Morgan fingerprint density at radius 1 is 1.14 bits per heavy atom. The van der Waals surface area contributed by atoms with E-state index in [1.54, 1.807) is 36.9 Å². The van der Waals surface area contributed by atoms with Gasteiger partial charge in [0.05, 0.1) is 18.6 Å². The Labute approximate surface area is 217 Å². The molecule has 1 aromatic carbocycles. The number of alkyl halides is 1. The number of ether oxygens (including phenoxy) is 1. The van der Waals surface area contributed by atoms with Crippen LogP contribution >= 0.6 is 0 Å². The van der Waals surface area contributed by atoms with E-state index >= 15 is 0 Å². The molecule has 0 unspecified atom stereocenters. The summed E-state index contributed by atoms with van der Waals surface area (Å²) < 4.78 is 33.5. The van der Waals surface area contributed by atoms with Crippen LogP contribution in [0.5, 0.6) is 5.75 Å². The van der Waals surface area contributed by atoms with Crippen molar-refractivity contribution in [3.05, 3.63) is 30.2 Å². The van der Waals surface area contributed by atoms with E-state index in [0.717, 1.165) is 19.0 Å². The van der Waals surface area contributed by atoms with Crippen LogP contribution in [-0.4, -0.2) is 63.8 Å². The van der Waals surface area contributed by atoms with E-state index in [2.05, 4.69) is 60.2 Å². The van der Waals surface area contributed by atoms with E-state index in [-0.39, 0.29) is 47.8 Å². The molecule has 2 aliphatic heterocycles. The van der Waals surface area contributed by atoms with Crippen molar-refractivity contribution in [2.75, 3.05) is 35.8 Å². The van der Waals surface area contributed by atoms with Crippen molar-refractivity contribution >= 4 is 29.0 Å². The monoisotopic (exact) mass is 516 g/mol. The highest BCUT2D eigenvalue weighted by atomic mass is 19.1. The van der Waals surface area contributed by atoms with Crippen molar-refractivity contribution in [2.45, 2.75) is 83.5 Å². The number of hydrogen-bond acceptors (Lipinski definition) is 7. The third-order valence-corrected chi connectivity index (χ3v) is 7.54. The lowest BCUT2D eigenvalue weighted by Gasteiger charge is -2.53. The SMILES string of the molecule is CN1C(C)(C)CC(Nc2nc(Nc3ccc4c(c3)OC(C)(C)C(=O)N4CCCF)ncc2F)CC1(C)C. The molecule has 0 saturated carbocycles. The van der Waals surface area contributed by atoms with Crippen molar-refractivity contribution in [3.8, 4) is 5.75 Å². The second kappa shape index (κ2) is 9.70. The van der Waals surface area contributed by atoms with Crippen LogP contribution in [0.4, 0.5) is 31.9 Å². The Bertz CT molecular complexity index is 1150. The first-order valence-corrected chi connectivity index (χ1v) is 12.7. The van der Waals surface area contributed by atoms with Crippen LogP contribution in [0.15, 0.2) is 24.4 Å². The molecule has 3 heterocycles. The molecule has 0 atom stereocenters. The maximum Gasteiger partial charge on any atom is 0.270 e. The van der Waals surface area contributed by atoms with Gasteiger partial charge in [-0.15, -0.1) is 0 Å². The molecule has 10 heteroatoms. The molecular formula is C27H38F2N6O2. The molecule has 2 aromatic rings. The number of nitrogens with zero attached hydrogens (tertiary/aromatic N) is 4. The number of aromatic nitrogens is 2. The highest BCUT2D eigenvalue weighted by molar-refractivity contribution is 6.02. The van der Waals surface area contributed by atoms with E-state index in [0.29, 0.717) is 17.1 Å². The number of hydrogen-bond donors (Lipinski definition) is 2. The number of piperidine rings is 1. The highest BCUT2D eigenvalue weighted by Crippen LogP contribution is 2.40. The topological polar surface area (TPSA) is 82.6 Å². The third-order valence-electron chi connectivity index (χ3n) is 7.54. The fourth-order valence-corrected chi connectivity index (χ4v) is 5.41. The number of fused-ring (bicyclic) bond motifs is 1. The van der Waals surface area contributed by atoms with E-state index in [4.69, 9.17) is 4.74 Å². The number of benzene rings is 1. The molecular weight excluding hydrogens is 478 g/mol. The predicted octanol–water partition coefficient (Wildman–Crippen LogP) is 5.29. The number of anilines is 4. The molecule has 8 nitrogen and oxygen atoms in total. The molecule has 0 aliphatic carbocycles. The summed E-state index contributed by atoms with van der Waals surface area (Å²) in [6, 6.07) is 5.30. The molecule has 0 radical (unpaired) electrons. The summed E-state index contributed by atoms with van der Waals surface area (Å²) in [6.07, 6.45) is 3.08. The van der Waals surface area contributed by atoms with E-state index in [9.17, 15) is 13.6 Å². The zero-order valence-electron chi connectivity index (χ0n) is 22.8. The van der Waals surface area contributed by atoms with Crippen molar-refractivity contribution in [1.29, 1.82) is 0 Å². The summed E-state index contributed by atoms with van der Waals surface area (Å²) in [6.45, 7) is 11.9. The fraction of sp³-hybridized carbons (Fsp3) is 0.593. The van der Waals surface area contributed by atoms with Crippen LogP contribution in [0.2, 0.25) is 0 Å². The molecule has 202 valence electrons. The fourth-order valence-electron chi connectivity index (χ4n) is 5.41. The number of carbonyl (C=O) groups is 1. The molecule has 2 aliphatic rings. The average molecular weight is 517 g/mol. The highest BCUT2D eigenvalue weighted by Gasteiger charge is 2.43. The molecule has 4 rings (SSSR count). The van der Waals surface area contributed by atoms with Gasteiger partial charge >= 0.3 is 0 Å². The number of nitrogens with one attached hydrogen (secondary N) is 2. The summed E-state index contributed by atoms with van der Waals surface area (Å²) in [7, 11) is 2.13. The lowest BCUT2D eigenvalue weighted by molar-refractivity contribution is -0.132. The standard InChI is InChI=1S/C27H38F2N6O2/c1-25(2)14-18(15-26(3,4)34(25)7)31-22-19(29)16-30-24(33-22)32-17-9-10-20-21(13-17)37-27(5,6)23(36)35(20)12-8-11-28/h9-10,13,16,18H,8,11-12,14-15H2,1-7H3,(H2,30,31,32,33). The summed E-state index contributed by atoms with van der Waals surface area (Å²) in [5.41, 5.74) is 0.00793. The number of likely N-dealkylation sites (tertiary alicyclic amines) is 1. The first-order valence-electron chi connectivity index (χ1n) is 12.7. The minimum atomic E-state index is -1.08. The lowest BCUT2D eigenvalue weighted by atomic mass is 9.77. The van der Waals surface area contributed by atoms with Gasteiger partial charge in [0.1, 0.15) is 5.75 Å². The van der Waals surface area contributed by atoms with Gasteiger partial charge in [0.15, 0.2) is 17.2 Å². The summed E-state index contributed by atoms with van der Waals surface area (Å²) in [5, 5.41) is 6.42.